The van der Waals surface area contributed by atoms with E-state index in [1.54, 1.807) is 36.4 Å². The van der Waals surface area contributed by atoms with Crippen LogP contribution in [0.15, 0.2) is 94.1 Å². The molecule has 7 heteroatoms. The lowest BCUT2D eigenvalue weighted by molar-refractivity contribution is -0.907. The third-order valence-corrected chi connectivity index (χ3v) is 6.26. The van der Waals surface area contributed by atoms with E-state index in [1.807, 2.05) is 37.4 Å². The van der Waals surface area contributed by atoms with Crippen LogP contribution in [0.1, 0.15) is 16.9 Å². The fraction of sp³-hybridized carbons (Fsp3) is 0.138. The van der Waals surface area contributed by atoms with Crippen molar-refractivity contribution >= 4 is 21.7 Å². The van der Waals surface area contributed by atoms with Crippen LogP contribution in [0.25, 0.3) is 32.9 Å². The number of fused-ring (bicyclic) bond motifs is 2. The number of alkyl halides is 3. The second kappa shape index (κ2) is 9.17. The summed E-state index contributed by atoms with van der Waals surface area (Å²) < 4.78 is 48.4. The van der Waals surface area contributed by atoms with Crippen LogP contribution in [0.3, 0.4) is 0 Å². The molecule has 1 unspecified atom stereocenters. The smallest absolute Gasteiger partial charge is 0.450 e. The molecule has 5 aromatic rings. The maximum absolute atomic E-state index is 14.3. The second-order valence-electron chi connectivity index (χ2n) is 8.87. The first kappa shape index (κ1) is 23.6. The second-order valence-corrected chi connectivity index (χ2v) is 8.87. The fourth-order valence-corrected chi connectivity index (χ4v) is 4.66. The highest BCUT2D eigenvalue weighted by Crippen LogP contribution is 2.40. The van der Waals surface area contributed by atoms with Crippen molar-refractivity contribution in [1.82, 2.24) is 0 Å². The van der Waals surface area contributed by atoms with Crippen LogP contribution in [0.5, 0.6) is 5.75 Å². The number of hydrogen-bond acceptors (Lipinski definition) is 3. The van der Waals surface area contributed by atoms with Crippen molar-refractivity contribution in [3.8, 4) is 16.9 Å². The lowest BCUT2D eigenvalue weighted by atomic mass is 9.95. The number of quaternary nitrogens is 1. The van der Waals surface area contributed by atoms with Crippen LogP contribution in [-0.4, -0.2) is 7.05 Å². The summed E-state index contributed by atoms with van der Waals surface area (Å²) in [6, 6.07) is 23.8. The minimum Gasteiger partial charge on any atom is -0.872 e. The third kappa shape index (κ3) is 4.33. The van der Waals surface area contributed by atoms with Gasteiger partial charge in [0.2, 0.25) is 11.2 Å². The minimum absolute atomic E-state index is 0.0481. The quantitative estimate of drug-likeness (QED) is 0.381. The van der Waals surface area contributed by atoms with Crippen molar-refractivity contribution in [2.24, 2.45) is 0 Å². The molecule has 0 bridgehead atoms. The molecule has 0 saturated carbocycles. The first-order valence-electron chi connectivity index (χ1n) is 11.4. The summed E-state index contributed by atoms with van der Waals surface area (Å²) in [6.07, 6.45) is -4.95. The zero-order valence-corrected chi connectivity index (χ0v) is 19.4. The summed E-state index contributed by atoms with van der Waals surface area (Å²) in [5.74, 6) is -1.87. The molecule has 182 valence electrons. The highest BCUT2D eigenvalue weighted by molar-refractivity contribution is 5.99. The molecule has 4 nitrogen and oxygen atoms in total. The van der Waals surface area contributed by atoms with Gasteiger partial charge in [0.15, 0.2) is 0 Å². The molecule has 1 atom stereocenters. The average Bonchev–Trinajstić information content (AvgIpc) is 2.85. The molecule has 0 spiro atoms. The monoisotopic (exact) mass is 489 g/mol. The van der Waals surface area contributed by atoms with Crippen molar-refractivity contribution in [2.75, 3.05) is 7.05 Å². The molecule has 0 saturated heterocycles. The number of rotatable bonds is 5. The predicted molar refractivity (Wildman–Crippen MR) is 131 cm³/mol. The van der Waals surface area contributed by atoms with Crippen molar-refractivity contribution in [2.45, 2.75) is 19.3 Å². The molecule has 0 aliphatic rings. The summed E-state index contributed by atoms with van der Waals surface area (Å²) in [6.45, 7) is 0.639. The maximum Gasteiger partial charge on any atom is 0.450 e. The van der Waals surface area contributed by atoms with E-state index in [4.69, 9.17) is 4.42 Å². The van der Waals surface area contributed by atoms with E-state index in [1.165, 1.54) is 18.2 Å². The van der Waals surface area contributed by atoms with Gasteiger partial charge in [0, 0.05) is 11.1 Å². The number of nitrogens with one attached hydrogen (secondary N) is 1. The van der Waals surface area contributed by atoms with Crippen LogP contribution >= 0.6 is 0 Å². The number of benzene rings is 4. The highest BCUT2D eigenvalue weighted by atomic mass is 19.4. The molecule has 0 aliphatic carbocycles. The lowest BCUT2D eigenvalue weighted by Gasteiger charge is -2.21. The summed E-state index contributed by atoms with van der Waals surface area (Å²) >= 11 is 0. The lowest BCUT2D eigenvalue weighted by Crippen LogP contribution is -3.06. The molecule has 1 heterocycles. The van der Waals surface area contributed by atoms with Gasteiger partial charge in [-0.1, -0.05) is 84.6 Å². The molecule has 0 amide bonds. The largest absolute Gasteiger partial charge is 0.872 e. The Hall–Kier alpha value is -4.10. The Kier molecular flexibility index (Phi) is 6.02. The van der Waals surface area contributed by atoms with Gasteiger partial charge in [-0.05, 0) is 22.4 Å². The Balaban J connectivity index is 1.72. The Labute approximate surface area is 204 Å². The first-order valence-corrected chi connectivity index (χ1v) is 11.4. The van der Waals surface area contributed by atoms with Gasteiger partial charge in [-0.2, -0.15) is 13.2 Å². The van der Waals surface area contributed by atoms with Crippen LogP contribution < -0.4 is 15.4 Å². The van der Waals surface area contributed by atoms with Gasteiger partial charge in [-0.15, -0.1) is 0 Å². The molecule has 0 radical (unpaired) electrons. The zero-order valence-electron chi connectivity index (χ0n) is 19.4. The molecular formula is C29H22F3NO3. The Morgan fingerprint density at radius 1 is 0.833 bits per heavy atom. The third-order valence-electron chi connectivity index (χ3n) is 6.26. The Bertz CT molecular complexity index is 1620. The van der Waals surface area contributed by atoms with E-state index in [2.05, 4.69) is 0 Å². The van der Waals surface area contributed by atoms with Crippen LogP contribution in [0.4, 0.5) is 13.2 Å². The van der Waals surface area contributed by atoms with E-state index < -0.39 is 28.7 Å². The van der Waals surface area contributed by atoms with Crippen molar-refractivity contribution in [1.29, 1.82) is 0 Å². The highest BCUT2D eigenvalue weighted by Gasteiger charge is 2.40. The average molecular weight is 489 g/mol. The summed E-state index contributed by atoms with van der Waals surface area (Å²) in [7, 11) is 1.83. The van der Waals surface area contributed by atoms with Gasteiger partial charge >= 0.3 is 6.18 Å². The normalized spacial score (nSPS) is 12.8. The maximum atomic E-state index is 14.3. The molecule has 36 heavy (non-hydrogen) atoms. The molecule has 0 aliphatic heterocycles. The van der Waals surface area contributed by atoms with Crippen molar-refractivity contribution < 1.29 is 27.6 Å². The SMILES string of the molecule is C[NH+](Cc1ccccc1)Cc1c([O-])ccc2c(=O)c(-c3cccc4ccccc34)c(C(F)(F)F)oc12. The molecule has 5 rings (SSSR count). The summed E-state index contributed by atoms with van der Waals surface area (Å²) in [5, 5.41) is 13.9. The summed E-state index contributed by atoms with van der Waals surface area (Å²) in [4.78, 5) is 14.5. The van der Waals surface area contributed by atoms with Gasteiger partial charge in [0.25, 0.3) is 0 Å². The number of halogens is 3. The van der Waals surface area contributed by atoms with Crippen LogP contribution in [-0.2, 0) is 19.3 Å². The van der Waals surface area contributed by atoms with E-state index in [0.717, 1.165) is 10.5 Å². The van der Waals surface area contributed by atoms with Gasteiger partial charge in [0.1, 0.15) is 18.7 Å². The van der Waals surface area contributed by atoms with E-state index >= 15 is 0 Å². The Morgan fingerprint density at radius 2 is 1.53 bits per heavy atom. The van der Waals surface area contributed by atoms with E-state index in [-0.39, 0.29) is 28.6 Å². The van der Waals surface area contributed by atoms with Crippen LogP contribution in [0, 0.1) is 0 Å². The predicted octanol–water partition coefficient (Wildman–Crippen LogP) is 4.92. The zero-order chi connectivity index (χ0) is 25.4. The molecule has 1 N–H and O–H groups in total. The van der Waals surface area contributed by atoms with E-state index in [0.29, 0.717) is 17.3 Å². The van der Waals surface area contributed by atoms with Crippen molar-refractivity contribution in [3.63, 3.8) is 0 Å². The van der Waals surface area contributed by atoms with Gasteiger partial charge in [-0.25, -0.2) is 0 Å². The standard InChI is InChI=1S/C29H22F3NO3/c1-33(16-18-8-3-2-4-9-18)17-23-24(34)15-14-22-26(35)25(28(29(30,31)32)36-27(22)23)21-13-7-11-19-10-5-6-12-20(19)21/h2-15,34H,16-17H2,1H3. The van der Waals surface area contributed by atoms with Gasteiger partial charge in [0.05, 0.1) is 18.0 Å². The van der Waals surface area contributed by atoms with Crippen molar-refractivity contribution in [3.05, 3.63) is 112 Å². The molecule has 4 aromatic carbocycles. The molecule has 1 aromatic heterocycles. The fourth-order valence-electron chi connectivity index (χ4n) is 4.66. The number of hydrogen-bond donors (Lipinski definition) is 1. The molecular weight excluding hydrogens is 467 g/mol. The Morgan fingerprint density at radius 3 is 2.28 bits per heavy atom. The summed E-state index contributed by atoms with van der Waals surface area (Å²) in [5.41, 5.74) is -0.485. The topological polar surface area (TPSA) is 57.7 Å². The van der Waals surface area contributed by atoms with Crippen LogP contribution in [0.2, 0.25) is 0 Å². The van der Waals surface area contributed by atoms with Gasteiger partial charge < -0.3 is 14.4 Å². The minimum atomic E-state index is -4.95. The van der Waals surface area contributed by atoms with E-state index in [9.17, 15) is 23.1 Å². The molecule has 0 fully saturated rings. The first-order chi connectivity index (χ1) is 17.2. The van der Waals surface area contributed by atoms with Gasteiger partial charge in [-0.3, -0.25) is 4.79 Å².